The first-order chi connectivity index (χ1) is 21.3. The highest BCUT2D eigenvalue weighted by atomic mass is 15.1. The molecule has 0 amide bonds. The minimum absolute atomic E-state index is 1.12. The third kappa shape index (κ3) is 4.52. The molecule has 0 aliphatic carbocycles. The highest BCUT2D eigenvalue weighted by Gasteiger charge is 2.16. The van der Waals surface area contributed by atoms with Gasteiger partial charge in [-0.3, -0.25) is 0 Å². The molecule has 8 aromatic carbocycles. The van der Waals surface area contributed by atoms with E-state index in [1.165, 1.54) is 54.6 Å². The molecule has 0 saturated carbocycles. The normalized spacial score (nSPS) is 11.3. The molecule has 0 atom stereocenters. The molecule has 8 aromatic rings. The predicted octanol–water partition coefficient (Wildman–Crippen LogP) is 11.9. The molecule has 0 radical (unpaired) electrons. The Labute approximate surface area is 251 Å². The summed E-state index contributed by atoms with van der Waals surface area (Å²) in [6.07, 6.45) is 0. The van der Waals surface area contributed by atoms with Gasteiger partial charge in [0.25, 0.3) is 0 Å². The molecule has 0 aromatic heterocycles. The first kappa shape index (κ1) is 25.1. The lowest BCUT2D eigenvalue weighted by molar-refractivity contribution is 1.28. The lowest BCUT2D eigenvalue weighted by atomic mass is 9.90. The molecule has 0 aliphatic heterocycles. The molecule has 43 heavy (non-hydrogen) atoms. The van der Waals surface area contributed by atoms with Crippen LogP contribution in [0.25, 0.3) is 54.6 Å². The fourth-order valence-electron chi connectivity index (χ4n) is 6.38. The Morgan fingerprint density at radius 2 is 0.860 bits per heavy atom. The molecule has 1 heteroatoms. The van der Waals surface area contributed by atoms with Crippen molar-refractivity contribution in [3.05, 3.63) is 176 Å². The number of hydrogen-bond acceptors (Lipinski definition) is 1. The van der Waals surface area contributed by atoms with Crippen molar-refractivity contribution in [3.63, 3.8) is 0 Å². The average Bonchev–Trinajstić information content (AvgIpc) is 3.09. The van der Waals surface area contributed by atoms with E-state index in [0.29, 0.717) is 0 Å². The second-order valence-corrected chi connectivity index (χ2v) is 11.0. The molecule has 1 nitrogen and oxygen atoms in total. The van der Waals surface area contributed by atoms with Crippen LogP contribution in [-0.2, 0) is 0 Å². The van der Waals surface area contributed by atoms with Gasteiger partial charge in [0.2, 0.25) is 0 Å². The summed E-state index contributed by atoms with van der Waals surface area (Å²) in [7, 11) is 0. The van der Waals surface area contributed by atoms with Crippen molar-refractivity contribution >= 4 is 49.4 Å². The standard InChI is InChI=1S/C42H29N/c1-3-12-30(13-4-1)31-22-25-36(26-23-31)43(35-17-5-2-6-18-35)37-19-11-16-33(28-37)41-29-34-15-8-10-21-39(34)42-38-20-9-7-14-32(38)24-27-40(41)42/h1-29H. The maximum Gasteiger partial charge on any atom is 0.0467 e. The van der Waals surface area contributed by atoms with Gasteiger partial charge in [-0.2, -0.15) is 0 Å². The van der Waals surface area contributed by atoms with E-state index in [-0.39, 0.29) is 0 Å². The fraction of sp³-hybridized carbons (Fsp3) is 0. The zero-order chi connectivity index (χ0) is 28.6. The number of benzene rings is 8. The van der Waals surface area contributed by atoms with Gasteiger partial charge in [-0.15, -0.1) is 0 Å². The van der Waals surface area contributed by atoms with E-state index in [4.69, 9.17) is 0 Å². The molecule has 0 fully saturated rings. The van der Waals surface area contributed by atoms with Crippen LogP contribution in [0.5, 0.6) is 0 Å². The average molecular weight is 548 g/mol. The smallest absolute Gasteiger partial charge is 0.0467 e. The predicted molar refractivity (Wildman–Crippen MR) is 185 cm³/mol. The zero-order valence-electron chi connectivity index (χ0n) is 23.7. The van der Waals surface area contributed by atoms with Crippen LogP contribution in [0.15, 0.2) is 176 Å². The van der Waals surface area contributed by atoms with Crippen molar-refractivity contribution in [2.24, 2.45) is 0 Å². The van der Waals surface area contributed by atoms with Crippen molar-refractivity contribution in [1.82, 2.24) is 0 Å². The van der Waals surface area contributed by atoms with Crippen molar-refractivity contribution in [3.8, 4) is 22.3 Å². The van der Waals surface area contributed by atoms with Crippen molar-refractivity contribution in [2.45, 2.75) is 0 Å². The molecular formula is C42H29N. The van der Waals surface area contributed by atoms with Crippen LogP contribution in [0.3, 0.4) is 0 Å². The molecule has 0 aliphatic rings. The zero-order valence-corrected chi connectivity index (χ0v) is 23.7. The largest absolute Gasteiger partial charge is 0.310 e. The number of nitrogens with zero attached hydrogens (tertiary/aromatic N) is 1. The van der Waals surface area contributed by atoms with Gasteiger partial charge in [0.15, 0.2) is 0 Å². The topological polar surface area (TPSA) is 3.24 Å². The van der Waals surface area contributed by atoms with Crippen LogP contribution >= 0.6 is 0 Å². The van der Waals surface area contributed by atoms with Gasteiger partial charge in [-0.05, 0) is 97.0 Å². The summed E-state index contributed by atoms with van der Waals surface area (Å²) in [6.45, 7) is 0. The number of fused-ring (bicyclic) bond motifs is 5. The van der Waals surface area contributed by atoms with Gasteiger partial charge < -0.3 is 4.90 Å². The summed E-state index contributed by atoms with van der Waals surface area (Å²) in [5.41, 5.74) is 8.25. The van der Waals surface area contributed by atoms with Crippen molar-refractivity contribution in [1.29, 1.82) is 0 Å². The molecule has 0 saturated heterocycles. The number of hydrogen-bond donors (Lipinski definition) is 0. The maximum atomic E-state index is 2.35. The first-order valence-corrected chi connectivity index (χ1v) is 14.8. The van der Waals surface area contributed by atoms with Crippen LogP contribution in [0.2, 0.25) is 0 Å². The van der Waals surface area contributed by atoms with Gasteiger partial charge in [0.1, 0.15) is 0 Å². The third-order valence-corrected chi connectivity index (χ3v) is 8.41. The Morgan fingerprint density at radius 1 is 0.302 bits per heavy atom. The van der Waals surface area contributed by atoms with Crippen LogP contribution in [0, 0.1) is 0 Å². The Balaban J connectivity index is 1.31. The molecule has 202 valence electrons. The van der Waals surface area contributed by atoms with E-state index in [1.807, 2.05) is 0 Å². The summed E-state index contributed by atoms with van der Waals surface area (Å²) in [5.74, 6) is 0. The summed E-state index contributed by atoms with van der Waals surface area (Å²) in [5, 5.41) is 7.68. The highest BCUT2D eigenvalue weighted by molar-refractivity contribution is 6.24. The Kier molecular flexibility index (Phi) is 6.20. The molecular weight excluding hydrogens is 518 g/mol. The second-order valence-electron chi connectivity index (χ2n) is 11.0. The third-order valence-electron chi connectivity index (χ3n) is 8.41. The van der Waals surface area contributed by atoms with E-state index in [2.05, 4.69) is 181 Å². The molecule has 8 rings (SSSR count). The lowest BCUT2D eigenvalue weighted by Gasteiger charge is -2.26. The van der Waals surface area contributed by atoms with E-state index in [0.717, 1.165) is 17.1 Å². The highest BCUT2D eigenvalue weighted by Crippen LogP contribution is 2.41. The fourth-order valence-corrected chi connectivity index (χ4v) is 6.38. The Bertz CT molecular complexity index is 2200. The van der Waals surface area contributed by atoms with Gasteiger partial charge >= 0.3 is 0 Å². The van der Waals surface area contributed by atoms with E-state index < -0.39 is 0 Å². The minimum Gasteiger partial charge on any atom is -0.310 e. The first-order valence-electron chi connectivity index (χ1n) is 14.8. The number of anilines is 3. The van der Waals surface area contributed by atoms with Crippen LogP contribution in [-0.4, -0.2) is 0 Å². The SMILES string of the molecule is c1ccc(-c2ccc(N(c3ccccc3)c3cccc(-c4cc5ccccc5c5c4ccc4ccccc45)c3)cc2)cc1. The monoisotopic (exact) mass is 547 g/mol. The quantitative estimate of drug-likeness (QED) is 0.194. The van der Waals surface area contributed by atoms with Crippen molar-refractivity contribution in [2.75, 3.05) is 4.90 Å². The second kappa shape index (κ2) is 10.6. The maximum absolute atomic E-state index is 2.35. The molecule has 0 heterocycles. The Hall–Kier alpha value is -5.66. The lowest BCUT2D eigenvalue weighted by Crippen LogP contribution is -2.09. The van der Waals surface area contributed by atoms with Gasteiger partial charge in [-0.1, -0.05) is 133 Å². The number of rotatable bonds is 5. The van der Waals surface area contributed by atoms with E-state index in [9.17, 15) is 0 Å². The molecule has 0 spiro atoms. The van der Waals surface area contributed by atoms with Gasteiger partial charge in [0, 0.05) is 17.1 Å². The summed E-state index contributed by atoms with van der Waals surface area (Å²) in [6, 6.07) is 63.4. The minimum atomic E-state index is 1.12. The molecule has 0 N–H and O–H groups in total. The van der Waals surface area contributed by atoms with E-state index in [1.54, 1.807) is 0 Å². The van der Waals surface area contributed by atoms with Crippen molar-refractivity contribution < 1.29 is 0 Å². The van der Waals surface area contributed by atoms with Crippen LogP contribution in [0.4, 0.5) is 17.1 Å². The molecule has 0 unspecified atom stereocenters. The number of para-hydroxylation sites is 1. The van der Waals surface area contributed by atoms with Gasteiger partial charge in [0.05, 0.1) is 0 Å². The summed E-state index contributed by atoms with van der Waals surface area (Å²) < 4.78 is 0. The van der Waals surface area contributed by atoms with Gasteiger partial charge in [-0.25, -0.2) is 0 Å². The molecule has 0 bridgehead atoms. The summed E-state index contributed by atoms with van der Waals surface area (Å²) >= 11 is 0. The van der Waals surface area contributed by atoms with Crippen LogP contribution in [0.1, 0.15) is 0 Å². The Morgan fingerprint density at radius 3 is 1.63 bits per heavy atom. The van der Waals surface area contributed by atoms with E-state index >= 15 is 0 Å². The summed E-state index contributed by atoms with van der Waals surface area (Å²) in [4.78, 5) is 2.34. The van der Waals surface area contributed by atoms with Crippen LogP contribution < -0.4 is 4.90 Å².